The van der Waals surface area contributed by atoms with Crippen LogP contribution in [-0.2, 0) is 6.61 Å². The molecule has 0 aliphatic heterocycles. The summed E-state index contributed by atoms with van der Waals surface area (Å²) in [4.78, 5) is 17.8. The lowest BCUT2D eigenvalue weighted by Gasteiger charge is -2.11. The molecule has 174 valence electrons. The summed E-state index contributed by atoms with van der Waals surface area (Å²) < 4.78 is 26.2. The Bertz CT molecular complexity index is 1610. The van der Waals surface area contributed by atoms with Gasteiger partial charge in [0.2, 0.25) is 4.96 Å². The van der Waals surface area contributed by atoms with E-state index in [1.165, 1.54) is 28.0 Å². The summed E-state index contributed by atoms with van der Waals surface area (Å²) >= 11 is 1.25. The molecule has 0 saturated carbocycles. The molecule has 5 aromatic rings. The molecule has 8 heteroatoms. The maximum Gasteiger partial charge on any atom is 0.291 e. The van der Waals surface area contributed by atoms with Crippen molar-refractivity contribution in [2.75, 3.05) is 7.11 Å². The summed E-state index contributed by atoms with van der Waals surface area (Å²) in [5.74, 6) is 1.31. The lowest BCUT2D eigenvalue weighted by atomic mass is 10.2. The Balaban J connectivity index is 1.37. The fourth-order valence-electron chi connectivity index (χ4n) is 3.44. The molecule has 3 aromatic carbocycles. The topological polar surface area (TPSA) is 65.7 Å². The monoisotopic (exact) mass is 485 g/mol. The second kappa shape index (κ2) is 9.90. The Labute approximate surface area is 204 Å². The molecule has 0 spiro atoms. The number of methoxy groups -OCH3 is 1. The lowest BCUT2D eigenvalue weighted by molar-refractivity contribution is 0.284. The summed E-state index contributed by atoms with van der Waals surface area (Å²) in [6, 6.07) is 21.5. The van der Waals surface area contributed by atoms with Crippen molar-refractivity contribution in [1.29, 1.82) is 0 Å². The Kier molecular flexibility index (Phi) is 6.36. The Hall–Kier alpha value is -4.30. The predicted octanol–water partition coefficient (Wildman–Crippen LogP) is 4.60. The van der Waals surface area contributed by atoms with E-state index < -0.39 is 0 Å². The molecule has 0 saturated heterocycles. The third-order valence-corrected chi connectivity index (χ3v) is 6.17. The molecule has 5 rings (SSSR count). The first-order valence-corrected chi connectivity index (χ1v) is 11.6. The molecule has 0 bridgehead atoms. The van der Waals surface area contributed by atoms with E-state index >= 15 is 0 Å². The zero-order chi connectivity index (χ0) is 24.2. The molecule has 0 aliphatic carbocycles. The number of fused-ring (bicyclic) bond motifs is 1. The molecule has 2 heterocycles. The molecule has 0 unspecified atom stereocenters. The highest BCUT2D eigenvalue weighted by atomic mass is 32.1. The van der Waals surface area contributed by atoms with Crippen molar-refractivity contribution in [2.45, 2.75) is 6.61 Å². The first-order valence-electron chi connectivity index (χ1n) is 10.8. The van der Waals surface area contributed by atoms with Crippen molar-refractivity contribution >= 4 is 34.5 Å². The molecule has 2 aromatic heterocycles. The van der Waals surface area contributed by atoms with Gasteiger partial charge in [0.05, 0.1) is 11.6 Å². The van der Waals surface area contributed by atoms with Crippen LogP contribution in [0, 0.1) is 5.82 Å². The van der Waals surface area contributed by atoms with Crippen LogP contribution in [0.15, 0.2) is 77.6 Å². The van der Waals surface area contributed by atoms with Gasteiger partial charge in [0.15, 0.2) is 17.3 Å². The molecule has 0 amide bonds. The van der Waals surface area contributed by atoms with Crippen LogP contribution in [0.4, 0.5) is 4.39 Å². The minimum absolute atomic E-state index is 0.248. The molecule has 0 atom stereocenters. The Morgan fingerprint density at radius 3 is 2.49 bits per heavy atom. The van der Waals surface area contributed by atoms with Crippen molar-refractivity contribution in [3.63, 3.8) is 0 Å². The third-order valence-electron chi connectivity index (χ3n) is 5.22. The van der Waals surface area contributed by atoms with Gasteiger partial charge in [0, 0.05) is 0 Å². The maximum atomic E-state index is 13.0. The molecule has 6 nitrogen and oxygen atoms in total. The van der Waals surface area contributed by atoms with Crippen molar-refractivity contribution in [1.82, 2.24) is 14.6 Å². The van der Waals surface area contributed by atoms with Gasteiger partial charge in [-0.05, 0) is 53.1 Å². The molecule has 0 aliphatic rings. The number of nitrogens with zero attached hydrogens (tertiary/aromatic N) is 3. The van der Waals surface area contributed by atoms with E-state index in [-0.39, 0.29) is 11.4 Å². The molecule has 35 heavy (non-hydrogen) atoms. The van der Waals surface area contributed by atoms with Crippen LogP contribution in [0.5, 0.6) is 11.5 Å². The maximum absolute atomic E-state index is 13.0. The smallest absolute Gasteiger partial charge is 0.291 e. The minimum Gasteiger partial charge on any atom is -0.493 e. The van der Waals surface area contributed by atoms with Gasteiger partial charge in [-0.3, -0.25) is 4.79 Å². The highest BCUT2D eigenvalue weighted by Crippen LogP contribution is 2.29. The van der Waals surface area contributed by atoms with Crippen LogP contribution in [0.25, 0.3) is 23.2 Å². The molecule has 0 fully saturated rings. The number of hydrogen-bond acceptors (Lipinski definition) is 6. The Morgan fingerprint density at radius 2 is 1.74 bits per heavy atom. The predicted molar refractivity (Wildman–Crippen MR) is 135 cm³/mol. The second-order valence-electron chi connectivity index (χ2n) is 7.65. The van der Waals surface area contributed by atoms with Crippen molar-refractivity contribution < 1.29 is 13.9 Å². The van der Waals surface area contributed by atoms with Gasteiger partial charge in [0.25, 0.3) is 5.56 Å². The number of thiazole rings is 1. The SMILES string of the molecule is COc1cc(C=c2sc3nc(C=Cc4ccc(F)cc4)nn3c2=O)ccc1OCc1ccccc1. The van der Waals surface area contributed by atoms with Gasteiger partial charge in [-0.1, -0.05) is 65.9 Å². The van der Waals surface area contributed by atoms with Crippen molar-refractivity contribution in [2.24, 2.45) is 0 Å². The van der Waals surface area contributed by atoms with Gasteiger partial charge < -0.3 is 9.47 Å². The number of benzene rings is 3. The number of hydrogen-bond donors (Lipinski definition) is 0. The molecular formula is C27H20FN3O3S. The van der Waals surface area contributed by atoms with E-state index in [9.17, 15) is 9.18 Å². The average Bonchev–Trinajstić information content (AvgIpc) is 3.41. The fourth-order valence-corrected chi connectivity index (χ4v) is 4.36. The summed E-state index contributed by atoms with van der Waals surface area (Å²) in [5, 5.41) is 4.29. The van der Waals surface area contributed by atoms with Crippen LogP contribution >= 0.6 is 11.3 Å². The van der Waals surface area contributed by atoms with E-state index in [0.717, 1.165) is 16.7 Å². The first-order chi connectivity index (χ1) is 17.1. The highest BCUT2D eigenvalue weighted by Gasteiger charge is 2.10. The van der Waals surface area contributed by atoms with Crippen LogP contribution in [-0.4, -0.2) is 21.7 Å². The second-order valence-corrected chi connectivity index (χ2v) is 8.66. The number of halogens is 1. The number of ether oxygens (including phenoxy) is 2. The summed E-state index contributed by atoms with van der Waals surface area (Å²) in [6.07, 6.45) is 5.24. The Morgan fingerprint density at radius 1 is 0.971 bits per heavy atom. The first kappa shape index (κ1) is 22.5. The standard InChI is InChI=1S/C27H20FN3O3S/c1-33-23-15-20(9-13-22(23)34-17-19-5-3-2-4-6-19)16-24-26(32)31-27(35-24)29-25(30-31)14-10-18-7-11-21(28)12-8-18/h2-16H,17H2,1H3. The van der Waals surface area contributed by atoms with Crippen LogP contribution in [0.2, 0.25) is 0 Å². The zero-order valence-corrected chi connectivity index (χ0v) is 19.5. The normalized spacial score (nSPS) is 12.0. The van der Waals surface area contributed by atoms with Crippen LogP contribution in [0.1, 0.15) is 22.5 Å². The largest absolute Gasteiger partial charge is 0.493 e. The number of rotatable bonds is 7. The quantitative estimate of drug-likeness (QED) is 0.337. The third kappa shape index (κ3) is 5.12. The molecular weight excluding hydrogens is 465 g/mol. The lowest BCUT2D eigenvalue weighted by Crippen LogP contribution is -2.23. The highest BCUT2D eigenvalue weighted by molar-refractivity contribution is 7.15. The van der Waals surface area contributed by atoms with Crippen LogP contribution < -0.4 is 19.6 Å². The van der Waals surface area contributed by atoms with Gasteiger partial charge in [-0.15, -0.1) is 5.10 Å². The van der Waals surface area contributed by atoms with Crippen molar-refractivity contribution in [3.05, 3.63) is 116 Å². The van der Waals surface area contributed by atoms with Crippen LogP contribution in [0.3, 0.4) is 0 Å². The van der Waals surface area contributed by atoms with Crippen molar-refractivity contribution in [3.8, 4) is 11.5 Å². The zero-order valence-electron chi connectivity index (χ0n) is 18.7. The van der Waals surface area contributed by atoms with E-state index in [0.29, 0.717) is 33.4 Å². The average molecular weight is 486 g/mol. The summed E-state index contributed by atoms with van der Waals surface area (Å²) in [6.45, 7) is 0.427. The van der Waals surface area contributed by atoms with Gasteiger partial charge in [0.1, 0.15) is 12.4 Å². The summed E-state index contributed by atoms with van der Waals surface area (Å²) in [7, 11) is 1.58. The summed E-state index contributed by atoms with van der Waals surface area (Å²) in [5.41, 5.74) is 2.42. The number of aromatic nitrogens is 3. The van der Waals surface area contributed by atoms with E-state index in [2.05, 4.69) is 10.1 Å². The van der Waals surface area contributed by atoms with Gasteiger partial charge in [-0.25, -0.2) is 4.39 Å². The van der Waals surface area contributed by atoms with E-state index in [4.69, 9.17) is 9.47 Å². The van der Waals surface area contributed by atoms with E-state index in [1.54, 1.807) is 37.5 Å². The van der Waals surface area contributed by atoms with E-state index in [1.807, 2.05) is 48.5 Å². The fraction of sp³-hybridized carbons (Fsp3) is 0.0741. The minimum atomic E-state index is -0.297. The molecule has 0 radical (unpaired) electrons. The van der Waals surface area contributed by atoms with Gasteiger partial charge >= 0.3 is 0 Å². The van der Waals surface area contributed by atoms with Gasteiger partial charge in [-0.2, -0.15) is 9.50 Å². The molecule has 0 N–H and O–H groups in total.